The van der Waals surface area contributed by atoms with Crippen molar-refractivity contribution in [1.29, 1.82) is 5.26 Å². The predicted molar refractivity (Wildman–Crippen MR) is 56.4 cm³/mol. The highest BCUT2D eigenvalue weighted by Crippen LogP contribution is 2.22. The van der Waals surface area contributed by atoms with Gasteiger partial charge in [0.05, 0.1) is 11.6 Å². The molecule has 2 aromatic carbocycles. The summed E-state index contributed by atoms with van der Waals surface area (Å²) in [5.74, 6) is 0. The number of nitrogens with zero attached hydrogens (tertiary/aromatic N) is 1. The van der Waals surface area contributed by atoms with Gasteiger partial charge in [-0.25, -0.2) is 0 Å². The van der Waals surface area contributed by atoms with Gasteiger partial charge in [-0.05, 0) is 29.0 Å². The van der Waals surface area contributed by atoms with Crippen LogP contribution in [-0.4, -0.2) is 0 Å². The maximum Gasteiger partial charge on any atom is 0.0998 e. The molecule has 0 heterocycles. The van der Waals surface area contributed by atoms with Crippen LogP contribution in [0.1, 0.15) is 5.56 Å². The van der Waals surface area contributed by atoms with Crippen LogP contribution < -0.4 is 0 Å². The third-order valence-corrected chi connectivity index (χ3v) is 2.46. The van der Waals surface area contributed by atoms with Gasteiger partial charge in [-0.1, -0.05) is 34.1 Å². The van der Waals surface area contributed by atoms with Crippen molar-refractivity contribution >= 4 is 26.7 Å². The molecular weight excluding hydrogens is 226 g/mol. The normalized spacial score (nSPS) is 9.85. The number of hydrogen-bond donors (Lipinski definition) is 0. The minimum absolute atomic E-state index is 0.727. The summed E-state index contributed by atoms with van der Waals surface area (Å²) in [7, 11) is 0. The van der Waals surface area contributed by atoms with Crippen molar-refractivity contribution in [1.82, 2.24) is 0 Å². The minimum atomic E-state index is 0.727. The van der Waals surface area contributed by atoms with Gasteiger partial charge < -0.3 is 0 Å². The Labute approximate surface area is 84.7 Å². The highest BCUT2D eigenvalue weighted by Gasteiger charge is 1.98. The summed E-state index contributed by atoms with van der Waals surface area (Å²) >= 11 is 3.40. The van der Waals surface area contributed by atoms with Gasteiger partial charge in [0, 0.05) is 4.47 Å². The molecule has 13 heavy (non-hydrogen) atoms. The van der Waals surface area contributed by atoms with Gasteiger partial charge in [0.2, 0.25) is 0 Å². The number of nitriles is 1. The third kappa shape index (κ3) is 1.43. The largest absolute Gasteiger partial charge is 0.192 e. The maximum absolute atomic E-state index is 8.84. The van der Waals surface area contributed by atoms with Gasteiger partial charge in [0.25, 0.3) is 0 Å². The molecule has 0 fully saturated rings. The van der Waals surface area contributed by atoms with Gasteiger partial charge in [-0.2, -0.15) is 5.26 Å². The zero-order valence-electron chi connectivity index (χ0n) is 6.79. The Balaban J connectivity index is 2.87. The molecule has 2 aromatic rings. The Morgan fingerprint density at radius 3 is 2.77 bits per heavy atom. The third-order valence-electron chi connectivity index (χ3n) is 1.96. The van der Waals surface area contributed by atoms with Crippen LogP contribution >= 0.6 is 15.9 Å². The van der Waals surface area contributed by atoms with Crippen LogP contribution in [-0.2, 0) is 0 Å². The molecule has 0 unspecified atom stereocenters. The molecule has 0 aliphatic carbocycles. The Morgan fingerprint density at radius 1 is 1.15 bits per heavy atom. The molecule has 0 aliphatic heterocycles. The van der Waals surface area contributed by atoms with E-state index in [2.05, 4.69) is 22.0 Å². The van der Waals surface area contributed by atoms with E-state index in [1.54, 1.807) is 0 Å². The van der Waals surface area contributed by atoms with Crippen LogP contribution in [0.2, 0.25) is 0 Å². The number of rotatable bonds is 0. The Kier molecular flexibility index (Phi) is 2.03. The van der Waals surface area contributed by atoms with Crippen molar-refractivity contribution in [3.63, 3.8) is 0 Å². The molecule has 2 heteroatoms. The highest BCUT2D eigenvalue weighted by molar-refractivity contribution is 9.10. The first-order chi connectivity index (χ1) is 6.31. The SMILES string of the molecule is N#Cc1cccc2cc(Br)ccc12. The molecule has 0 amide bonds. The van der Waals surface area contributed by atoms with Crippen molar-refractivity contribution in [2.45, 2.75) is 0 Å². The average Bonchev–Trinajstić information content (AvgIpc) is 2.16. The lowest BCUT2D eigenvalue weighted by molar-refractivity contribution is 1.50. The number of benzene rings is 2. The predicted octanol–water partition coefficient (Wildman–Crippen LogP) is 3.47. The summed E-state index contributed by atoms with van der Waals surface area (Å²) in [5.41, 5.74) is 0.727. The summed E-state index contributed by atoms with van der Waals surface area (Å²) in [5, 5.41) is 10.9. The number of fused-ring (bicyclic) bond motifs is 1. The van der Waals surface area contributed by atoms with Crippen molar-refractivity contribution in [3.05, 3.63) is 46.4 Å². The van der Waals surface area contributed by atoms with Gasteiger partial charge in [0.15, 0.2) is 0 Å². The van der Waals surface area contributed by atoms with Crippen LogP contribution in [0.4, 0.5) is 0 Å². The molecule has 0 spiro atoms. The Morgan fingerprint density at radius 2 is 2.00 bits per heavy atom. The van der Waals surface area contributed by atoms with E-state index in [0.29, 0.717) is 0 Å². The number of halogens is 1. The lowest BCUT2D eigenvalue weighted by atomic mass is 10.1. The summed E-state index contributed by atoms with van der Waals surface area (Å²) in [6, 6.07) is 13.8. The number of hydrogen-bond acceptors (Lipinski definition) is 1. The molecule has 62 valence electrons. The second-order valence-corrected chi connectivity index (χ2v) is 3.70. The van der Waals surface area contributed by atoms with Crippen LogP contribution in [0.25, 0.3) is 10.8 Å². The molecule has 0 aliphatic rings. The van der Waals surface area contributed by atoms with Crippen molar-refractivity contribution in [3.8, 4) is 6.07 Å². The van der Waals surface area contributed by atoms with Gasteiger partial charge in [0.1, 0.15) is 0 Å². The summed E-state index contributed by atoms with van der Waals surface area (Å²) < 4.78 is 1.04. The minimum Gasteiger partial charge on any atom is -0.192 e. The molecule has 0 N–H and O–H groups in total. The van der Waals surface area contributed by atoms with E-state index in [4.69, 9.17) is 5.26 Å². The van der Waals surface area contributed by atoms with Gasteiger partial charge >= 0.3 is 0 Å². The molecule has 0 saturated heterocycles. The molecule has 0 atom stereocenters. The molecular formula is C11H6BrN. The fourth-order valence-corrected chi connectivity index (χ4v) is 1.73. The molecule has 1 nitrogen and oxygen atoms in total. The first kappa shape index (κ1) is 8.28. The fraction of sp³-hybridized carbons (Fsp3) is 0. The van der Waals surface area contributed by atoms with Crippen LogP contribution in [0.3, 0.4) is 0 Å². The monoisotopic (exact) mass is 231 g/mol. The fourth-order valence-electron chi connectivity index (χ4n) is 1.35. The highest BCUT2D eigenvalue weighted by atomic mass is 79.9. The van der Waals surface area contributed by atoms with E-state index < -0.39 is 0 Å². The quantitative estimate of drug-likeness (QED) is 0.682. The first-order valence-electron chi connectivity index (χ1n) is 3.89. The van der Waals surface area contributed by atoms with Crippen LogP contribution in [0.5, 0.6) is 0 Å². The molecule has 0 saturated carbocycles. The molecule has 2 rings (SSSR count). The van der Waals surface area contributed by atoms with Gasteiger partial charge in [-0.15, -0.1) is 0 Å². The molecule has 0 radical (unpaired) electrons. The second kappa shape index (κ2) is 3.20. The Hall–Kier alpha value is -1.33. The maximum atomic E-state index is 8.84. The second-order valence-electron chi connectivity index (χ2n) is 2.78. The zero-order valence-corrected chi connectivity index (χ0v) is 8.38. The van der Waals surface area contributed by atoms with E-state index in [1.807, 2.05) is 36.4 Å². The van der Waals surface area contributed by atoms with E-state index in [0.717, 1.165) is 20.8 Å². The summed E-state index contributed by atoms with van der Waals surface area (Å²) in [4.78, 5) is 0. The van der Waals surface area contributed by atoms with Crippen LogP contribution in [0.15, 0.2) is 40.9 Å². The van der Waals surface area contributed by atoms with E-state index in [-0.39, 0.29) is 0 Å². The lowest BCUT2D eigenvalue weighted by Crippen LogP contribution is -1.78. The smallest absolute Gasteiger partial charge is 0.0998 e. The van der Waals surface area contributed by atoms with Crippen molar-refractivity contribution < 1.29 is 0 Å². The van der Waals surface area contributed by atoms with Crippen molar-refractivity contribution in [2.75, 3.05) is 0 Å². The molecule has 0 bridgehead atoms. The van der Waals surface area contributed by atoms with E-state index in [9.17, 15) is 0 Å². The van der Waals surface area contributed by atoms with E-state index >= 15 is 0 Å². The standard InChI is InChI=1S/C11H6BrN/c12-10-4-5-11-8(6-10)2-1-3-9(11)7-13/h1-6H. The Bertz CT molecular complexity index is 497. The zero-order chi connectivity index (χ0) is 9.26. The van der Waals surface area contributed by atoms with E-state index in [1.165, 1.54) is 0 Å². The summed E-state index contributed by atoms with van der Waals surface area (Å²) in [6.45, 7) is 0. The first-order valence-corrected chi connectivity index (χ1v) is 4.69. The average molecular weight is 232 g/mol. The van der Waals surface area contributed by atoms with Gasteiger partial charge in [-0.3, -0.25) is 0 Å². The molecule has 0 aromatic heterocycles. The van der Waals surface area contributed by atoms with Crippen molar-refractivity contribution in [2.24, 2.45) is 0 Å². The topological polar surface area (TPSA) is 23.8 Å². The van der Waals surface area contributed by atoms with Crippen LogP contribution in [0, 0.1) is 11.3 Å². The summed E-state index contributed by atoms with van der Waals surface area (Å²) in [6.07, 6.45) is 0. The lowest BCUT2D eigenvalue weighted by Gasteiger charge is -1.99.